The fourth-order valence-corrected chi connectivity index (χ4v) is 2.44. The molecule has 0 spiro atoms. The third-order valence-electron chi connectivity index (χ3n) is 2.32. The van der Waals surface area contributed by atoms with Crippen molar-refractivity contribution in [1.29, 1.82) is 0 Å². The fraction of sp³-hybridized carbons (Fsp3) is 0.250. The van der Waals surface area contributed by atoms with E-state index in [4.69, 9.17) is 16.0 Å². The Morgan fingerprint density at radius 3 is 2.68 bits per heavy atom. The first kappa shape index (κ1) is 16.3. The Hall–Kier alpha value is -0.730. The summed E-state index contributed by atoms with van der Waals surface area (Å²) >= 11 is 7.43. The molecule has 2 N–H and O–H groups in total. The van der Waals surface area contributed by atoms with Crippen LogP contribution in [-0.2, 0) is 13.1 Å². The smallest absolute Gasteiger partial charge is 0.191 e. The lowest BCUT2D eigenvalue weighted by Gasteiger charge is -2.10. The summed E-state index contributed by atoms with van der Waals surface area (Å²) in [6, 6.07) is 5.81. The lowest BCUT2D eigenvalue weighted by molar-refractivity contribution is 0.563. The minimum Gasteiger partial charge on any atom is -0.472 e. The molecule has 0 amide bonds. The highest BCUT2D eigenvalue weighted by molar-refractivity contribution is 14.0. The van der Waals surface area contributed by atoms with E-state index in [1.807, 2.05) is 18.2 Å². The number of furan rings is 1. The summed E-state index contributed by atoms with van der Waals surface area (Å²) in [5.74, 6) is 0.751. The minimum atomic E-state index is 0. The van der Waals surface area contributed by atoms with Crippen molar-refractivity contribution in [2.75, 3.05) is 7.05 Å². The fourth-order valence-electron chi connectivity index (χ4n) is 1.42. The first-order valence-electron chi connectivity index (χ1n) is 5.48. The van der Waals surface area contributed by atoms with Crippen molar-refractivity contribution in [2.24, 2.45) is 4.99 Å². The Balaban J connectivity index is 0.00000180. The highest BCUT2D eigenvalue weighted by Gasteiger charge is 2.01. The van der Waals surface area contributed by atoms with Gasteiger partial charge in [0.25, 0.3) is 0 Å². The summed E-state index contributed by atoms with van der Waals surface area (Å²) in [5, 5.41) is 6.42. The molecule has 0 unspecified atom stereocenters. The van der Waals surface area contributed by atoms with Gasteiger partial charge in [-0.1, -0.05) is 11.6 Å². The number of guanidine groups is 1. The molecule has 0 aromatic carbocycles. The van der Waals surface area contributed by atoms with Crippen LogP contribution in [0.1, 0.15) is 10.4 Å². The number of nitrogens with zero attached hydrogens (tertiary/aromatic N) is 1. The molecule has 7 heteroatoms. The molecule has 2 aromatic rings. The normalized spacial score (nSPS) is 10.9. The van der Waals surface area contributed by atoms with Crippen LogP contribution in [0.3, 0.4) is 0 Å². The van der Waals surface area contributed by atoms with E-state index in [9.17, 15) is 0 Å². The van der Waals surface area contributed by atoms with Crippen molar-refractivity contribution in [3.05, 3.63) is 45.5 Å². The molecule has 104 valence electrons. The van der Waals surface area contributed by atoms with Gasteiger partial charge in [0.1, 0.15) is 0 Å². The molecule has 2 rings (SSSR count). The predicted molar refractivity (Wildman–Crippen MR) is 90.5 cm³/mol. The standard InChI is InChI=1S/C12H14ClN3OS.HI/c1-14-12(15-6-9-4-5-17-8-9)16-7-10-2-3-11(13)18-10;/h2-5,8H,6-7H2,1H3,(H2,14,15,16);1H. The molecule has 0 aliphatic rings. The molecule has 0 aliphatic carbocycles. The maximum Gasteiger partial charge on any atom is 0.191 e. The van der Waals surface area contributed by atoms with Gasteiger partial charge in [-0.2, -0.15) is 0 Å². The highest BCUT2D eigenvalue weighted by atomic mass is 127. The van der Waals surface area contributed by atoms with Gasteiger partial charge in [0, 0.05) is 24.0 Å². The number of thiophene rings is 1. The van der Waals surface area contributed by atoms with Crippen LogP contribution in [0, 0.1) is 0 Å². The van der Waals surface area contributed by atoms with Gasteiger partial charge in [-0.25, -0.2) is 0 Å². The topological polar surface area (TPSA) is 49.6 Å². The summed E-state index contributed by atoms with van der Waals surface area (Å²) < 4.78 is 5.80. The summed E-state index contributed by atoms with van der Waals surface area (Å²) in [4.78, 5) is 5.32. The summed E-state index contributed by atoms with van der Waals surface area (Å²) in [5.41, 5.74) is 1.08. The lowest BCUT2D eigenvalue weighted by atomic mass is 10.3. The Morgan fingerprint density at radius 1 is 1.32 bits per heavy atom. The van der Waals surface area contributed by atoms with Crippen molar-refractivity contribution in [3.8, 4) is 0 Å². The lowest BCUT2D eigenvalue weighted by Crippen LogP contribution is -2.36. The molecular weight excluding hydrogens is 397 g/mol. The first-order chi connectivity index (χ1) is 8.78. The number of aliphatic imine (C=N–C) groups is 1. The first-order valence-corrected chi connectivity index (χ1v) is 6.67. The quantitative estimate of drug-likeness (QED) is 0.460. The van der Waals surface area contributed by atoms with E-state index in [0.717, 1.165) is 15.9 Å². The number of hydrogen-bond donors (Lipinski definition) is 2. The third-order valence-corrected chi connectivity index (χ3v) is 3.55. The molecule has 0 saturated carbocycles. The van der Waals surface area contributed by atoms with E-state index in [2.05, 4.69) is 15.6 Å². The average Bonchev–Trinajstić information content (AvgIpc) is 3.01. The van der Waals surface area contributed by atoms with Gasteiger partial charge in [0.05, 0.1) is 23.4 Å². The van der Waals surface area contributed by atoms with Crippen molar-refractivity contribution in [1.82, 2.24) is 10.6 Å². The zero-order valence-corrected chi connectivity index (χ0v) is 14.3. The maximum absolute atomic E-state index is 5.87. The third kappa shape index (κ3) is 5.42. The van der Waals surface area contributed by atoms with E-state index in [0.29, 0.717) is 13.1 Å². The molecule has 2 aromatic heterocycles. The van der Waals surface area contributed by atoms with Crippen LogP contribution in [0.25, 0.3) is 0 Å². The Bertz CT molecular complexity index is 513. The number of halogens is 2. The SMILES string of the molecule is CN=C(NCc1ccoc1)NCc1ccc(Cl)s1.I. The van der Waals surface area contributed by atoms with Gasteiger partial charge in [0.15, 0.2) is 5.96 Å². The van der Waals surface area contributed by atoms with E-state index in [1.165, 1.54) is 4.88 Å². The van der Waals surface area contributed by atoms with Crippen LogP contribution in [0.2, 0.25) is 4.34 Å². The highest BCUT2D eigenvalue weighted by Crippen LogP contribution is 2.20. The van der Waals surface area contributed by atoms with Gasteiger partial charge >= 0.3 is 0 Å². The van der Waals surface area contributed by atoms with Crippen LogP contribution in [0.4, 0.5) is 0 Å². The molecule has 0 fully saturated rings. The average molecular weight is 412 g/mol. The van der Waals surface area contributed by atoms with Gasteiger partial charge in [-0.3, -0.25) is 4.99 Å². The minimum absolute atomic E-state index is 0. The maximum atomic E-state index is 5.87. The van der Waals surface area contributed by atoms with E-state index in [1.54, 1.807) is 30.9 Å². The van der Waals surface area contributed by atoms with Crippen LogP contribution in [0.5, 0.6) is 0 Å². The van der Waals surface area contributed by atoms with E-state index in [-0.39, 0.29) is 24.0 Å². The Labute approximate surface area is 138 Å². The van der Waals surface area contributed by atoms with Crippen molar-refractivity contribution >= 4 is 52.9 Å². The van der Waals surface area contributed by atoms with Crippen molar-refractivity contribution < 1.29 is 4.42 Å². The second-order valence-electron chi connectivity index (χ2n) is 3.62. The summed E-state index contributed by atoms with van der Waals surface area (Å²) in [7, 11) is 1.74. The second-order valence-corrected chi connectivity index (χ2v) is 5.42. The molecule has 19 heavy (non-hydrogen) atoms. The molecule has 0 aliphatic heterocycles. The Morgan fingerprint density at radius 2 is 2.11 bits per heavy atom. The van der Waals surface area contributed by atoms with Crippen LogP contribution >= 0.6 is 46.9 Å². The van der Waals surface area contributed by atoms with Gasteiger partial charge in [-0.05, 0) is 18.2 Å². The molecule has 2 heterocycles. The largest absolute Gasteiger partial charge is 0.472 e. The van der Waals surface area contributed by atoms with Crippen LogP contribution in [0.15, 0.2) is 40.1 Å². The van der Waals surface area contributed by atoms with Crippen molar-refractivity contribution in [3.63, 3.8) is 0 Å². The summed E-state index contributed by atoms with van der Waals surface area (Å²) in [6.45, 7) is 1.39. The summed E-state index contributed by atoms with van der Waals surface area (Å²) in [6.07, 6.45) is 3.36. The zero-order chi connectivity index (χ0) is 12.8. The van der Waals surface area contributed by atoms with Gasteiger partial charge in [-0.15, -0.1) is 35.3 Å². The number of hydrogen-bond acceptors (Lipinski definition) is 3. The molecule has 0 saturated heterocycles. The molecule has 0 bridgehead atoms. The Kier molecular flexibility index (Phi) is 7.25. The van der Waals surface area contributed by atoms with E-state index >= 15 is 0 Å². The number of nitrogens with one attached hydrogen (secondary N) is 2. The van der Waals surface area contributed by atoms with E-state index < -0.39 is 0 Å². The monoisotopic (exact) mass is 411 g/mol. The molecule has 4 nitrogen and oxygen atoms in total. The molecule has 0 radical (unpaired) electrons. The predicted octanol–water partition coefficient (Wildman–Crippen LogP) is 3.48. The zero-order valence-electron chi connectivity index (χ0n) is 10.4. The molecular formula is C12H15ClIN3OS. The van der Waals surface area contributed by atoms with Crippen LogP contribution in [-0.4, -0.2) is 13.0 Å². The van der Waals surface area contributed by atoms with Gasteiger partial charge < -0.3 is 15.1 Å². The van der Waals surface area contributed by atoms with Gasteiger partial charge in [0.2, 0.25) is 0 Å². The number of rotatable bonds is 4. The second kappa shape index (κ2) is 8.44. The van der Waals surface area contributed by atoms with Crippen LogP contribution < -0.4 is 10.6 Å². The molecule has 0 atom stereocenters. The van der Waals surface area contributed by atoms with Crippen molar-refractivity contribution in [2.45, 2.75) is 13.1 Å².